The van der Waals surface area contributed by atoms with E-state index in [0.717, 1.165) is 43.2 Å². The number of ether oxygens (including phenoxy) is 1. The van der Waals surface area contributed by atoms with Crippen molar-refractivity contribution in [3.8, 4) is 11.8 Å². The lowest BCUT2D eigenvalue weighted by molar-refractivity contribution is 0.0966. The summed E-state index contributed by atoms with van der Waals surface area (Å²) in [5, 5.41) is 14.0. The van der Waals surface area contributed by atoms with Crippen LogP contribution in [0.25, 0.3) is 0 Å². The molecule has 1 aliphatic rings. The van der Waals surface area contributed by atoms with Gasteiger partial charge in [-0.1, -0.05) is 0 Å². The number of methoxy groups -OCH3 is 1. The van der Waals surface area contributed by atoms with Crippen molar-refractivity contribution in [1.29, 1.82) is 5.26 Å². The summed E-state index contributed by atoms with van der Waals surface area (Å²) >= 11 is 6.26. The zero-order valence-corrected chi connectivity index (χ0v) is 16.6. The molecule has 0 bridgehead atoms. The highest BCUT2D eigenvalue weighted by Crippen LogP contribution is 2.37. The van der Waals surface area contributed by atoms with Crippen LogP contribution in [0.4, 0.5) is 22.6 Å². The number of thiocarbonyl (C=S) groups is 1. The molecule has 1 aromatic heterocycles. The molecule has 0 aliphatic heterocycles. The molecule has 0 saturated heterocycles. The van der Waals surface area contributed by atoms with Gasteiger partial charge in [0.2, 0.25) is 11.6 Å². The quantitative estimate of drug-likeness (QED) is 0.423. The average molecular weight is 443 g/mol. The van der Waals surface area contributed by atoms with Gasteiger partial charge in [-0.15, -0.1) is 11.3 Å². The van der Waals surface area contributed by atoms with E-state index in [2.05, 4.69) is 16.1 Å². The van der Waals surface area contributed by atoms with Gasteiger partial charge in [-0.3, -0.25) is 10.1 Å². The molecule has 2 N–H and O–H groups in total. The van der Waals surface area contributed by atoms with Gasteiger partial charge in [-0.05, 0) is 43.5 Å². The first kappa shape index (κ1) is 21.0. The van der Waals surface area contributed by atoms with Crippen molar-refractivity contribution >= 4 is 39.6 Å². The van der Waals surface area contributed by atoms with Crippen molar-refractivity contribution in [1.82, 2.24) is 5.32 Å². The number of carbonyl (C=O) groups is 1. The third-order valence-corrected chi connectivity index (χ3v) is 5.80. The van der Waals surface area contributed by atoms with Crippen molar-refractivity contribution < 1.29 is 27.1 Å². The van der Waals surface area contributed by atoms with Crippen LogP contribution in [-0.2, 0) is 12.8 Å². The molecule has 0 radical (unpaired) electrons. The monoisotopic (exact) mass is 443 g/mol. The maximum atomic E-state index is 14.1. The number of anilines is 1. The molecule has 2 aromatic rings. The molecule has 29 heavy (non-hydrogen) atoms. The predicted octanol–water partition coefficient (Wildman–Crippen LogP) is 4.19. The van der Waals surface area contributed by atoms with Crippen LogP contribution in [-0.4, -0.2) is 18.1 Å². The molecular formula is C18H13F4N3O2S2. The van der Waals surface area contributed by atoms with E-state index in [1.165, 1.54) is 11.3 Å². The number of amides is 1. The van der Waals surface area contributed by atoms with Crippen LogP contribution in [0.2, 0.25) is 0 Å². The van der Waals surface area contributed by atoms with Gasteiger partial charge in [0.15, 0.2) is 22.5 Å². The summed E-state index contributed by atoms with van der Waals surface area (Å²) in [6.07, 6.45) is 3.50. The van der Waals surface area contributed by atoms with Crippen LogP contribution in [0.3, 0.4) is 0 Å². The van der Waals surface area contributed by atoms with E-state index in [1.54, 1.807) is 0 Å². The van der Waals surface area contributed by atoms with Gasteiger partial charge in [-0.2, -0.15) is 14.0 Å². The average Bonchev–Trinajstić information content (AvgIpc) is 3.03. The lowest BCUT2D eigenvalue weighted by Gasteiger charge is -2.12. The van der Waals surface area contributed by atoms with E-state index >= 15 is 0 Å². The van der Waals surface area contributed by atoms with Gasteiger partial charge < -0.3 is 10.1 Å². The molecule has 1 aliphatic carbocycles. The molecule has 0 atom stereocenters. The van der Waals surface area contributed by atoms with Crippen LogP contribution in [0.5, 0.6) is 5.75 Å². The number of halogens is 4. The lowest BCUT2D eigenvalue weighted by Crippen LogP contribution is -2.35. The third-order valence-electron chi connectivity index (χ3n) is 4.39. The molecule has 0 unspecified atom stereocenters. The van der Waals surface area contributed by atoms with Crippen molar-refractivity contribution in [2.24, 2.45) is 0 Å². The standard InChI is InChI=1S/C18H13F4N3O2S2/c1-27-15-13(21)11(19)10(12(20)14(15)22)16(26)24-18(28)25-17-8(6-23)7-4-2-3-5-9(7)29-17/h2-5H2,1H3,(H2,24,25,26,28). The van der Waals surface area contributed by atoms with Crippen molar-refractivity contribution in [3.05, 3.63) is 44.8 Å². The molecule has 11 heteroatoms. The van der Waals surface area contributed by atoms with Gasteiger partial charge >= 0.3 is 0 Å². The van der Waals surface area contributed by atoms with Crippen molar-refractivity contribution in [2.45, 2.75) is 25.7 Å². The second kappa shape index (κ2) is 8.34. The number of thiophene rings is 1. The summed E-state index contributed by atoms with van der Waals surface area (Å²) in [6.45, 7) is 0. The molecule has 1 aromatic carbocycles. The number of nitrogens with one attached hydrogen (secondary N) is 2. The Hall–Kier alpha value is -2.71. The molecular weight excluding hydrogens is 430 g/mol. The smallest absolute Gasteiger partial charge is 0.263 e. The van der Waals surface area contributed by atoms with E-state index in [9.17, 15) is 27.6 Å². The van der Waals surface area contributed by atoms with E-state index in [0.29, 0.717) is 10.6 Å². The number of nitrogens with zero attached hydrogens (tertiary/aromatic N) is 1. The van der Waals surface area contributed by atoms with Crippen LogP contribution in [0, 0.1) is 34.6 Å². The van der Waals surface area contributed by atoms with Gasteiger partial charge in [0.25, 0.3) is 5.91 Å². The molecule has 0 saturated carbocycles. The number of hydrogen-bond acceptors (Lipinski definition) is 5. The van der Waals surface area contributed by atoms with E-state index in [1.807, 2.05) is 5.32 Å². The Bertz CT molecular complexity index is 1030. The highest BCUT2D eigenvalue weighted by atomic mass is 32.1. The Labute approximate surface area is 172 Å². The summed E-state index contributed by atoms with van der Waals surface area (Å²) in [4.78, 5) is 13.2. The maximum Gasteiger partial charge on any atom is 0.263 e. The summed E-state index contributed by atoms with van der Waals surface area (Å²) in [5.74, 6) is -10.3. The maximum absolute atomic E-state index is 14.1. The summed E-state index contributed by atoms with van der Waals surface area (Å²) < 4.78 is 60.0. The Morgan fingerprint density at radius 1 is 1.14 bits per heavy atom. The van der Waals surface area contributed by atoms with Crippen LogP contribution < -0.4 is 15.4 Å². The molecule has 5 nitrogen and oxygen atoms in total. The fourth-order valence-electron chi connectivity index (χ4n) is 3.06. The molecule has 0 fully saturated rings. The number of aryl methyl sites for hydroxylation is 1. The number of hydrogen-bond donors (Lipinski definition) is 2. The molecule has 3 rings (SSSR count). The van der Waals surface area contributed by atoms with Crippen LogP contribution >= 0.6 is 23.6 Å². The van der Waals surface area contributed by atoms with Gasteiger partial charge in [0.05, 0.1) is 12.7 Å². The first-order chi connectivity index (χ1) is 13.8. The first-order valence-corrected chi connectivity index (χ1v) is 9.59. The normalized spacial score (nSPS) is 12.7. The Balaban J connectivity index is 1.84. The number of benzene rings is 1. The number of fused-ring (bicyclic) bond motifs is 1. The Morgan fingerprint density at radius 3 is 2.34 bits per heavy atom. The largest absolute Gasteiger partial charge is 0.491 e. The molecule has 0 spiro atoms. The van der Waals surface area contributed by atoms with Crippen molar-refractivity contribution in [3.63, 3.8) is 0 Å². The highest BCUT2D eigenvalue weighted by Gasteiger charge is 2.30. The first-order valence-electron chi connectivity index (χ1n) is 8.37. The SMILES string of the molecule is COc1c(F)c(F)c(C(=O)NC(=S)Nc2sc3c(c2C#N)CCCC3)c(F)c1F. The van der Waals surface area contributed by atoms with Crippen LogP contribution in [0.15, 0.2) is 0 Å². The number of nitriles is 1. The van der Waals surface area contributed by atoms with Gasteiger partial charge in [-0.25, -0.2) is 8.78 Å². The Morgan fingerprint density at radius 2 is 1.76 bits per heavy atom. The fraction of sp³-hybridized carbons (Fsp3) is 0.278. The molecule has 1 heterocycles. The zero-order valence-electron chi connectivity index (χ0n) is 14.9. The second-order valence-corrected chi connectivity index (χ2v) is 7.61. The zero-order chi connectivity index (χ0) is 21.3. The van der Waals surface area contributed by atoms with Gasteiger partial charge in [0, 0.05) is 4.88 Å². The molecule has 152 valence electrons. The van der Waals surface area contributed by atoms with E-state index < -0.39 is 40.5 Å². The highest BCUT2D eigenvalue weighted by molar-refractivity contribution is 7.80. The van der Waals surface area contributed by atoms with Gasteiger partial charge in [0.1, 0.15) is 16.6 Å². The second-order valence-electron chi connectivity index (χ2n) is 6.10. The number of rotatable bonds is 3. The number of carbonyl (C=O) groups excluding carboxylic acids is 1. The lowest BCUT2D eigenvalue weighted by atomic mass is 9.96. The van der Waals surface area contributed by atoms with Crippen LogP contribution in [0.1, 0.15) is 39.2 Å². The summed E-state index contributed by atoms with van der Waals surface area (Å²) in [7, 11) is 0.826. The minimum Gasteiger partial charge on any atom is -0.491 e. The summed E-state index contributed by atoms with van der Waals surface area (Å²) in [5.41, 5.74) is -0.173. The minimum atomic E-state index is -1.91. The fourth-order valence-corrected chi connectivity index (χ4v) is 4.57. The molecule has 1 amide bonds. The topological polar surface area (TPSA) is 74.2 Å². The Kier molecular flexibility index (Phi) is 6.04. The third kappa shape index (κ3) is 3.77. The van der Waals surface area contributed by atoms with E-state index in [-0.39, 0.29) is 5.11 Å². The minimum absolute atomic E-state index is 0.375. The van der Waals surface area contributed by atoms with E-state index in [4.69, 9.17) is 12.2 Å². The summed E-state index contributed by atoms with van der Waals surface area (Å²) in [6, 6.07) is 2.08. The van der Waals surface area contributed by atoms with Crippen molar-refractivity contribution in [2.75, 3.05) is 12.4 Å². The predicted molar refractivity (Wildman–Crippen MR) is 102 cm³/mol.